The van der Waals surface area contributed by atoms with Crippen LogP contribution in [-0.2, 0) is 0 Å². The first-order valence-corrected chi connectivity index (χ1v) is 3.41. The van der Waals surface area contributed by atoms with Gasteiger partial charge >= 0.3 is 0 Å². The van der Waals surface area contributed by atoms with Gasteiger partial charge in [-0.15, -0.1) is 5.10 Å². The molecular weight excluding hydrogens is 157 g/mol. The van der Waals surface area contributed by atoms with Crippen molar-refractivity contribution in [3.05, 3.63) is 42.6 Å². The summed E-state index contributed by atoms with van der Waals surface area (Å²) in [5, 5.41) is 3.51. The predicted molar refractivity (Wildman–Crippen MR) is 40.2 cm³/mol. The zero-order chi connectivity index (χ0) is 8.39. The second-order valence-corrected chi connectivity index (χ2v) is 2.20. The monoisotopic (exact) mass is 162 g/mol. The van der Waals surface area contributed by atoms with E-state index in [9.17, 15) is 4.39 Å². The van der Waals surface area contributed by atoms with E-state index in [2.05, 4.69) is 16.3 Å². The highest BCUT2D eigenvalue weighted by atomic mass is 19.1. The summed E-state index contributed by atoms with van der Waals surface area (Å²) in [5.74, 6) is 0.00190. The van der Waals surface area contributed by atoms with Crippen LogP contribution in [0.1, 0.15) is 0 Å². The van der Waals surface area contributed by atoms with Gasteiger partial charge in [0.05, 0.1) is 6.20 Å². The van der Waals surface area contributed by atoms with Crippen LogP contribution < -0.4 is 0 Å². The summed E-state index contributed by atoms with van der Waals surface area (Å²) >= 11 is 0. The quantitative estimate of drug-likeness (QED) is 0.630. The van der Waals surface area contributed by atoms with Gasteiger partial charge in [-0.2, -0.15) is 4.39 Å². The zero-order valence-electron chi connectivity index (χ0n) is 6.11. The largest absolute Gasteiger partial charge is 0.237 e. The molecule has 0 aromatic carbocycles. The molecule has 0 amide bonds. The summed E-state index contributed by atoms with van der Waals surface area (Å²) in [6.45, 7) is 0. The molecule has 59 valence electrons. The van der Waals surface area contributed by atoms with Gasteiger partial charge in [0.15, 0.2) is 5.82 Å². The minimum absolute atomic E-state index is 0.555. The van der Waals surface area contributed by atoms with Crippen molar-refractivity contribution in [1.82, 2.24) is 14.8 Å². The van der Waals surface area contributed by atoms with Crippen LogP contribution in [0.4, 0.5) is 4.39 Å². The molecule has 0 unspecified atom stereocenters. The van der Waals surface area contributed by atoms with Crippen molar-refractivity contribution in [3.8, 4) is 5.82 Å². The van der Waals surface area contributed by atoms with E-state index in [1.54, 1.807) is 24.4 Å². The fraction of sp³-hybridized carbons (Fsp3) is 0. The van der Waals surface area contributed by atoms with Crippen LogP contribution in [0.5, 0.6) is 0 Å². The molecule has 2 heterocycles. The molecule has 2 rings (SSSR count). The Morgan fingerprint density at radius 2 is 2.33 bits per heavy atom. The van der Waals surface area contributed by atoms with Crippen molar-refractivity contribution >= 4 is 0 Å². The third-order valence-electron chi connectivity index (χ3n) is 1.37. The van der Waals surface area contributed by atoms with Gasteiger partial charge in [-0.1, -0.05) is 6.07 Å². The molecule has 0 fully saturated rings. The van der Waals surface area contributed by atoms with Crippen LogP contribution in [-0.4, -0.2) is 14.8 Å². The van der Waals surface area contributed by atoms with Gasteiger partial charge in [0.1, 0.15) is 0 Å². The summed E-state index contributed by atoms with van der Waals surface area (Å²) in [5.41, 5.74) is 0. The van der Waals surface area contributed by atoms with Crippen LogP contribution in [0.2, 0.25) is 0 Å². The Balaban J connectivity index is 2.45. The fourth-order valence-electron chi connectivity index (χ4n) is 0.864. The number of hydrogen-bond donors (Lipinski definition) is 0. The van der Waals surface area contributed by atoms with E-state index in [1.165, 1.54) is 4.68 Å². The second kappa shape index (κ2) is 2.73. The molecule has 4 heteroatoms. The molecule has 0 aliphatic rings. The van der Waals surface area contributed by atoms with Crippen molar-refractivity contribution in [2.75, 3.05) is 0 Å². The summed E-state index contributed by atoms with van der Waals surface area (Å²) in [7, 11) is 0. The molecule has 1 radical (unpaired) electrons. The molecule has 3 nitrogen and oxygen atoms in total. The van der Waals surface area contributed by atoms with Crippen LogP contribution in [0, 0.1) is 12.1 Å². The molecule has 0 saturated heterocycles. The molecule has 0 N–H and O–H groups in total. The Hall–Kier alpha value is -1.71. The van der Waals surface area contributed by atoms with Crippen molar-refractivity contribution in [2.45, 2.75) is 0 Å². The highest BCUT2D eigenvalue weighted by Crippen LogP contribution is 2.00. The number of rotatable bonds is 1. The lowest BCUT2D eigenvalue weighted by Crippen LogP contribution is -1.97. The van der Waals surface area contributed by atoms with Gasteiger partial charge in [-0.05, 0) is 12.1 Å². The predicted octanol–water partition coefficient (Wildman–Crippen LogP) is 1.21. The SMILES string of the molecule is Fc1c[c]n(-c2ccccn2)n1. The lowest BCUT2D eigenvalue weighted by molar-refractivity contribution is 0.564. The summed E-state index contributed by atoms with van der Waals surface area (Å²) < 4.78 is 13.7. The second-order valence-electron chi connectivity index (χ2n) is 2.20. The van der Waals surface area contributed by atoms with E-state index in [0.717, 1.165) is 6.07 Å². The van der Waals surface area contributed by atoms with Crippen LogP contribution >= 0.6 is 0 Å². The Morgan fingerprint density at radius 3 is 2.92 bits per heavy atom. The Labute approximate surface area is 68.5 Å². The van der Waals surface area contributed by atoms with E-state index in [1.807, 2.05) is 0 Å². The number of nitrogens with zero attached hydrogens (tertiary/aromatic N) is 3. The summed E-state index contributed by atoms with van der Waals surface area (Å²) in [6.07, 6.45) is 4.20. The molecule has 2 aromatic rings. The topological polar surface area (TPSA) is 30.7 Å². The summed E-state index contributed by atoms with van der Waals surface area (Å²) in [6, 6.07) is 6.47. The van der Waals surface area contributed by atoms with E-state index in [0.29, 0.717) is 5.82 Å². The molecule has 0 aliphatic heterocycles. The third-order valence-corrected chi connectivity index (χ3v) is 1.37. The number of pyridine rings is 1. The molecule has 2 aromatic heterocycles. The van der Waals surface area contributed by atoms with Gasteiger partial charge in [0.25, 0.3) is 0 Å². The highest BCUT2D eigenvalue weighted by molar-refractivity contribution is 5.19. The molecule has 0 atom stereocenters. The number of aromatic nitrogens is 3. The average molecular weight is 162 g/mol. The van der Waals surface area contributed by atoms with Crippen LogP contribution in [0.25, 0.3) is 5.82 Å². The van der Waals surface area contributed by atoms with E-state index in [4.69, 9.17) is 0 Å². The van der Waals surface area contributed by atoms with E-state index < -0.39 is 5.95 Å². The van der Waals surface area contributed by atoms with Gasteiger partial charge in [-0.25, -0.2) is 9.67 Å². The Morgan fingerprint density at radius 1 is 1.42 bits per heavy atom. The molecule has 0 bridgehead atoms. The van der Waals surface area contributed by atoms with Crippen molar-refractivity contribution in [3.63, 3.8) is 0 Å². The molecule has 0 saturated carbocycles. The van der Waals surface area contributed by atoms with Gasteiger partial charge in [0, 0.05) is 12.3 Å². The fourth-order valence-corrected chi connectivity index (χ4v) is 0.864. The Bertz CT molecular complexity index is 369. The molecule has 0 aliphatic carbocycles. The molecule has 0 spiro atoms. The van der Waals surface area contributed by atoms with E-state index >= 15 is 0 Å². The van der Waals surface area contributed by atoms with Gasteiger partial charge in [-0.3, -0.25) is 0 Å². The zero-order valence-corrected chi connectivity index (χ0v) is 6.11. The normalized spacial score (nSPS) is 10.1. The first-order valence-electron chi connectivity index (χ1n) is 3.41. The first-order chi connectivity index (χ1) is 5.86. The van der Waals surface area contributed by atoms with Crippen LogP contribution in [0.3, 0.4) is 0 Å². The highest BCUT2D eigenvalue weighted by Gasteiger charge is 1.99. The van der Waals surface area contributed by atoms with E-state index in [-0.39, 0.29) is 0 Å². The number of hydrogen-bond acceptors (Lipinski definition) is 2. The third kappa shape index (κ3) is 1.18. The van der Waals surface area contributed by atoms with Crippen LogP contribution in [0.15, 0.2) is 30.5 Å². The van der Waals surface area contributed by atoms with Crippen molar-refractivity contribution in [2.24, 2.45) is 0 Å². The molecule has 12 heavy (non-hydrogen) atoms. The maximum atomic E-state index is 12.4. The standard InChI is InChI=1S/C8H5FN3/c9-7-4-6-12(11-7)8-3-1-2-5-10-8/h1-5H. The minimum atomic E-state index is -0.555. The van der Waals surface area contributed by atoms with Crippen molar-refractivity contribution < 1.29 is 4.39 Å². The average Bonchev–Trinajstić information content (AvgIpc) is 2.54. The maximum Gasteiger partial charge on any atom is 0.233 e. The smallest absolute Gasteiger partial charge is 0.233 e. The molecular formula is C8H5FN3. The Kier molecular flexibility index (Phi) is 1.59. The minimum Gasteiger partial charge on any atom is -0.237 e. The number of halogens is 1. The van der Waals surface area contributed by atoms with Gasteiger partial charge < -0.3 is 0 Å². The summed E-state index contributed by atoms with van der Waals surface area (Å²) in [4.78, 5) is 3.96. The van der Waals surface area contributed by atoms with Gasteiger partial charge in [0.2, 0.25) is 5.95 Å². The maximum absolute atomic E-state index is 12.4. The van der Waals surface area contributed by atoms with Crippen molar-refractivity contribution in [1.29, 1.82) is 0 Å². The first kappa shape index (κ1) is 6.97. The lowest BCUT2D eigenvalue weighted by atomic mass is 10.5. The lowest BCUT2D eigenvalue weighted by Gasteiger charge is -1.95.